The van der Waals surface area contributed by atoms with Crippen molar-refractivity contribution >= 4 is 11.6 Å². The van der Waals surface area contributed by atoms with Gasteiger partial charge in [-0.2, -0.15) is 0 Å². The van der Waals surface area contributed by atoms with E-state index in [1.54, 1.807) is 11.0 Å². The van der Waals surface area contributed by atoms with Crippen LogP contribution in [0.25, 0.3) is 0 Å². The fraction of sp³-hybridized carbons (Fsp3) is 0.533. The molecule has 0 radical (unpaired) electrons. The zero-order valence-electron chi connectivity index (χ0n) is 11.0. The average Bonchev–Trinajstić information content (AvgIpc) is 3.04. The third kappa shape index (κ3) is 2.63. The van der Waals surface area contributed by atoms with Gasteiger partial charge in [-0.3, -0.25) is 4.79 Å². The Labute approximate surface area is 112 Å². The molecule has 1 saturated carbocycles. The van der Waals surface area contributed by atoms with Crippen molar-refractivity contribution in [1.82, 2.24) is 5.32 Å². The summed E-state index contributed by atoms with van der Waals surface area (Å²) in [6.07, 6.45) is 5.66. The lowest BCUT2D eigenvalue weighted by Crippen LogP contribution is -2.40. The number of carbonyl (C=O) groups is 1. The number of nitrogens with one attached hydrogen (secondary N) is 1. The largest absolute Gasteiger partial charge is 0.311 e. The van der Waals surface area contributed by atoms with Crippen LogP contribution in [0.5, 0.6) is 0 Å². The van der Waals surface area contributed by atoms with Crippen LogP contribution >= 0.6 is 0 Å². The van der Waals surface area contributed by atoms with E-state index in [4.69, 9.17) is 0 Å². The first-order valence-corrected chi connectivity index (χ1v) is 7.06. The van der Waals surface area contributed by atoms with Gasteiger partial charge in [0.25, 0.3) is 0 Å². The van der Waals surface area contributed by atoms with Gasteiger partial charge in [0, 0.05) is 18.3 Å². The Morgan fingerprint density at radius 1 is 1.37 bits per heavy atom. The minimum Gasteiger partial charge on any atom is -0.311 e. The van der Waals surface area contributed by atoms with Gasteiger partial charge in [0.15, 0.2) is 0 Å². The number of halogens is 1. The van der Waals surface area contributed by atoms with Crippen LogP contribution in [-0.2, 0) is 11.2 Å². The number of benzene rings is 1. The summed E-state index contributed by atoms with van der Waals surface area (Å²) >= 11 is 0. The SMILES string of the molecule is O=C(CNC1CCCC1)N1CCc2ccc(F)cc21. The molecule has 0 spiro atoms. The molecule has 102 valence electrons. The van der Waals surface area contributed by atoms with Gasteiger partial charge in [-0.05, 0) is 37.0 Å². The van der Waals surface area contributed by atoms with E-state index in [0.29, 0.717) is 19.1 Å². The van der Waals surface area contributed by atoms with Crippen LogP contribution in [0.15, 0.2) is 18.2 Å². The first kappa shape index (κ1) is 12.6. The fourth-order valence-electron chi connectivity index (χ4n) is 3.07. The second-order valence-corrected chi connectivity index (χ2v) is 5.43. The van der Waals surface area contributed by atoms with Crippen LogP contribution in [0.3, 0.4) is 0 Å². The normalized spacial score (nSPS) is 18.9. The number of rotatable bonds is 3. The number of carbonyl (C=O) groups excluding carboxylic acids is 1. The standard InChI is InChI=1S/C15H19FN2O/c16-12-6-5-11-7-8-18(14(11)9-12)15(19)10-17-13-3-1-2-4-13/h5-6,9,13,17H,1-4,7-8,10H2. The van der Waals surface area contributed by atoms with Crippen LogP contribution in [0.4, 0.5) is 10.1 Å². The molecule has 0 bridgehead atoms. The van der Waals surface area contributed by atoms with Crippen LogP contribution in [-0.4, -0.2) is 25.0 Å². The number of nitrogens with zero attached hydrogens (tertiary/aromatic N) is 1. The Hall–Kier alpha value is -1.42. The fourth-order valence-corrected chi connectivity index (χ4v) is 3.07. The van der Waals surface area contributed by atoms with Gasteiger partial charge < -0.3 is 10.2 Å². The summed E-state index contributed by atoms with van der Waals surface area (Å²) in [5.74, 6) is -0.224. The molecule has 1 fully saturated rings. The molecule has 1 aliphatic carbocycles. The molecule has 1 aliphatic heterocycles. The van der Waals surface area contributed by atoms with Crippen LogP contribution < -0.4 is 10.2 Å². The van der Waals surface area contributed by atoms with E-state index in [1.807, 2.05) is 0 Å². The monoisotopic (exact) mass is 262 g/mol. The smallest absolute Gasteiger partial charge is 0.240 e. The van der Waals surface area contributed by atoms with Gasteiger partial charge in [-0.1, -0.05) is 18.9 Å². The summed E-state index contributed by atoms with van der Waals surface area (Å²) in [6.45, 7) is 1.03. The van der Waals surface area contributed by atoms with Gasteiger partial charge in [0.05, 0.1) is 6.54 Å². The van der Waals surface area contributed by atoms with Crippen LogP contribution in [0.2, 0.25) is 0 Å². The predicted octanol–water partition coefficient (Wildman–Crippen LogP) is 2.25. The number of hydrogen-bond acceptors (Lipinski definition) is 2. The van der Waals surface area contributed by atoms with Crippen molar-refractivity contribution < 1.29 is 9.18 Å². The molecule has 0 atom stereocenters. The van der Waals surface area contributed by atoms with Crippen molar-refractivity contribution in [1.29, 1.82) is 0 Å². The molecule has 1 N–H and O–H groups in total. The van der Waals surface area contributed by atoms with Crippen molar-refractivity contribution in [3.63, 3.8) is 0 Å². The molecule has 4 heteroatoms. The average molecular weight is 262 g/mol. The predicted molar refractivity (Wildman–Crippen MR) is 72.7 cm³/mol. The highest BCUT2D eigenvalue weighted by molar-refractivity contribution is 5.96. The molecule has 0 unspecified atom stereocenters. The van der Waals surface area contributed by atoms with Crippen molar-refractivity contribution in [2.75, 3.05) is 18.0 Å². The third-order valence-electron chi connectivity index (χ3n) is 4.14. The van der Waals surface area contributed by atoms with Crippen LogP contribution in [0.1, 0.15) is 31.2 Å². The summed E-state index contributed by atoms with van der Waals surface area (Å²) < 4.78 is 13.3. The number of amides is 1. The second-order valence-electron chi connectivity index (χ2n) is 5.43. The van der Waals surface area contributed by atoms with Crippen molar-refractivity contribution in [2.45, 2.75) is 38.1 Å². The van der Waals surface area contributed by atoms with E-state index < -0.39 is 0 Å². The Balaban J connectivity index is 1.64. The van der Waals surface area contributed by atoms with Gasteiger partial charge in [-0.15, -0.1) is 0 Å². The Morgan fingerprint density at radius 2 is 2.16 bits per heavy atom. The molecule has 1 aromatic rings. The molecular formula is C15H19FN2O. The van der Waals surface area contributed by atoms with Crippen molar-refractivity contribution in [3.05, 3.63) is 29.6 Å². The minimum atomic E-state index is -0.276. The van der Waals surface area contributed by atoms with Gasteiger partial charge in [0.1, 0.15) is 5.82 Å². The van der Waals surface area contributed by atoms with E-state index in [-0.39, 0.29) is 11.7 Å². The Bertz CT molecular complexity index is 483. The summed E-state index contributed by atoms with van der Waals surface area (Å²) in [7, 11) is 0. The van der Waals surface area contributed by atoms with Gasteiger partial charge in [0.2, 0.25) is 5.91 Å². The second kappa shape index (κ2) is 5.29. The van der Waals surface area contributed by atoms with E-state index >= 15 is 0 Å². The topological polar surface area (TPSA) is 32.3 Å². The summed E-state index contributed by atoms with van der Waals surface area (Å²) in [5, 5.41) is 3.32. The highest BCUT2D eigenvalue weighted by Crippen LogP contribution is 2.28. The first-order chi connectivity index (χ1) is 9.24. The first-order valence-electron chi connectivity index (χ1n) is 7.06. The quantitative estimate of drug-likeness (QED) is 0.906. The minimum absolute atomic E-state index is 0.0521. The molecule has 3 rings (SSSR count). The summed E-state index contributed by atoms with van der Waals surface area (Å²) in [5.41, 5.74) is 1.81. The molecule has 1 amide bonds. The molecular weight excluding hydrogens is 243 g/mol. The third-order valence-corrected chi connectivity index (χ3v) is 4.14. The van der Waals surface area contributed by atoms with E-state index in [0.717, 1.165) is 17.7 Å². The number of anilines is 1. The highest BCUT2D eigenvalue weighted by Gasteiger charge is 2.25. The van der Waals surface area contributed by atoms with Crippen molar-refractivity contribution in [2.24, 2.45) is 0 Å². The van der Waals surface area contributed by atoms with Gasteiger partial charge >= 0.3 is 0 Å². The molecule has 1 heterocycles. The molecule has 1 aromatic carbocycles. The maximum absolute atomic E-state index is 13.3. The molecule has 0 aromatic heterocycles. The lowest BCUT2D eigenvalue weighted by atomic mass is 10.2. The maximum atomic E-state index is 13.3. The summed E-state index contributed by atoms with van der Waals surface area (Å²) in [6, 6.07) is 5.19. The van der Waals surface area contributed by atoms with E-state index in [2.05, 4.69) is 5.32 Å². The Kier molecular flexibility index (Phi) is 3.51. The maximum Gasteiger partial charge on any atom is 0.240 e. The number of hydrogen-bond donors (Lipinski definition) is 1. The number of fused-ring (bicyclic) bond motifs is 1. The van der Waals surface area contributed by atoms with Gasteiger partial charge in [-0.25, -0.2) is 4.39 Å². The van der Waals surface area contributed by atoms with Crippen LogP contribution in [0, 0.1) is 5.82 Å². The van der Waals surface area contributed by atoms with E-state index in [1.165, 1.54) is 37.8 Å². The van der Waals surface area contributed by atoms with E-state index in [9.17, 15) is 9.18 Å². The summed E-state index contributed by atoms with van der Waals surface area (Å²) in [4.78, 5) is 13.9. The zero-order chi connectivity index (χ0) is 13.2. The zero-order valence-corrected chi connectivity index (χ0v) is 11.0. The molecule has 3 nitrogen and oxygen atoms in total. The molecule has 2 aliphatic rings. The highest BCUT2D eigenvalue weighted by atomic mass is 19.1. The molecule has 19 heavy (non-hydrogen) atoms. The lowest BCUT2D eigenvalue weighted by molar-refractivity contribution is -0.117. The van der Waals surface area contributed by atoms with Crippen molar-refractivity contribution in [3.8, 4) is 0 Å². The molecule has 0 saturated heterocycles. The Morgan fingerprint density at radius 3 is 2.95 bits per heavy atom. The lowest BCUT2D eigenvalue weighted by Gasteiger charge is -2.19.